The number of nitrogens with zero attached hydrogens (tertiary/aromatic N) is 6. The summed E-state index contributed by atoms with van der Waals surface area (Å²) >= 11 is 6.57. The van der Waals surface area contributed by atoms with Crippen molar-refractivity contribution < 1.29 is 32.4 Å². The molecule has 0 unspecified atom stereocenters. The number of alkyl halides is 3. The van der Waals surface area contributed by atoms with Crippen molar-refractivity contribution in [1.29, 1.82) is 0 Å². The molecule has 17 heteroatoms. The topological polar surface area (TPSA) is 136 Å². The van der Waals surface area contributed by atoms with E-state index in [1.165, 1.54) is 24.1 Å². The molecule has 6 rings (SSSR count). The van der Waals surface area contributed by atoms with Gasteiger partial charge in [0.15, 0.2) is 5.82 Å². The number of carboxylic acid groups (broad SMARTS) is 1. The molecular formula is C36H45ClF3N8O4P. The van der Waals surface area contributed by atoms with Gasteiger partial charge in [0.1, 0.15) is 17.9 Å². The first kappa shape index (κ1) is 40.0. The number of aliphatic carboxylic acids is 1. The number of anilines is 5. The summed E-state index contributed by atoms with van der Waals surface area (Å²) in [6.07, 6.45) is 1.38. The molecule has 0 spiro atoms. The molecule has 4 aromatic rings. The maximum absolute atomic E-state index is 13.4. The van der Waals surface area contributed by atoms with E-state index in [1.807, 2.05) is 24.3 Å². The van der Waals surface area contributed by atoms with Crippen LogP contribution in [-0.4, -0.2) is 115 Å². The van der Waals surface area contributed by atoms with Crippen LogP contribution in [0.3, 0.4) is 0 Å². The predicted octanol–water partition coefficient (Wildman–Crippen LogP) is 6.83. The molecule has 0 bridgehead atoms. The number of pyridine rings is 1. The van der Waals surface area contributed by atoms with Gasteiger partial charge in [-0.2, -0.15) is 18.2 Å². The summed E-state index contributed by atoms with van der Waals surface area (Å²) in [6, 6.07) is 12.6. The van der Waals surface area contributed by atoms with E-state index in [2.05, 4.69) is 61.4 Å². The van der Waals surface area contributed by atoms with Gasteiger partial charge in [0.25, 0.3) is 0 Å². The molecule has 2 aromatic carbocycles. The van der Waals surface area contributed by atoms with Crippen LogP contribution in [0.1, 0.15) is 25.3 Å². The van der Waals surface area contributed by atoms with Crippen molar-refractivity contribution in [3.63, 3.8) is 0 Å². The Balaban J connectivity index is 0.000000705. The Bertz CT molecular complexity index is 1970. The van der Waals surface area contributed by atoms with Gasteiger partial charge in [-0.05, 0) is 57.3 Å². The highest BCUT2D eigenvalue weighted by atomic mass is 35.5. The number of rotatable bonds is 9. The predicted molar refractivity (Wildman–Crippen MR) is 205 cm³/mol. The fourth-order valence-electron chi connectivity index (χ4n) is 6.68. The van der Waals surface area contributed by atoms with Crippen LogP contribution in [0.15, 0.2) is 48.8 Å². The minimum absolute atomic E-state index is 0.336. The third kappa shape index (κ3) is 9.88. The maximum atomic E-state index is 13.4. The summed E-state index contributed by atoms with van der Waals surface area (Å²) in [5.74, 6) is -1.28. The standard InChI is InChI=1S/C34H44ClN8O2P.C2HF3O2/c1-6-23-19-28(31(45-3)20-30(23)43-13-11-24(12-14-43)42-17-15-41(2)16-18-42)39-34-37-21-26(35)33(40-34)38-29-22-36-27-10-8-7-9-25(27)32(29)46(4,5)44;3-2(4,5)1(6)7/h7-10,19-22,24H,6,11-18H2,1-5H3,(H2,37,38,39,40);(H,6,7). The van der Waals surface area contributed by atoms with Gasteiger partial charge in [-0.1, -0.05) is 36.7 Å². The molecule has 2 aromatic heterocycles. The van der Waals surface area contributed by atoms with Gasteiger partial charge in [0.2, 0.25) is 5.95 Å². The summed E-state index contributed by atoms with van der Waals surface area (Å²) in [6.45, 7) is 12.4. The molecule has 0 amide bonds. The van der Waals surface area contributed by atoms with E-state index in [1.54, 1.807) is 32.8 Å². The van der Waals surface area contributed by atoms with E-state index in [4.69, 9.17) is 31.2 Å². The fourth-order valence-corrected chi connectivity index (χ4v) is 8.28. The number of carboxylic acids is 1. The zero-order valence-electron chi connectivity index (χ0n) is 30.4. The van der Waals surface area contributed by atoms with Crippen LogP contribution in [0.25, 0.3) is 10.9 Å². The third-order valence-electron chi connectivity index (χ3n) is 9.41. The Kier molecular flexibility index (Phi) is 12.7. The van der Waals surface area contributed by atoms with Gasteiger partial charge in [-0.3, -0.25) is 9.88 Å². The van der Waals surface area contributed by atoms with Crippen LogP contribution in [0.5, 0.6) is 5.75 Å². The summed E-state index contributed by atoms with van der Waals surface area (Å²) in [7, 11) is 1.20. The summed E-state index contributed by atoms with van der Waals surface area (Å²) in [5, 5.41) is 15.7. The first-order chi connectivity index (χ1) is 25.1. The van der Waals surface area contributed by atoms with Crippen LogP contribution in [0, 0.1) is 0 Å². The van der Waals surface area contributed by atoms with E-state index in [9.17, 15) is 17.7 Å². The second-order valence-electron chi connectivity index (χ2n) is 13.4. The zero-order chi connectivity index (χ0) is 38.5. The lowest BCUT2D eigenvalue weighted by atomic mass is 9.99. The number of benzene rings is 2. The largest absolute Gasteiger partial charge is 0.494 e. The number of likely N-dealkylation sites (N-methyl/N-ethyl adjacent to an activating group) is 1. The van der Waals surface area contributed by atoms with Gasteiger partial charge in [-0.15, -0.1) is 0 Å². The quantitative estimate of drug-likeness (QED) is 0.154. The second-order valence-corrected chi connectivity index (χ2v) is 17.0. The lowest BCUT2D eigenvalue weighted by molar-refractivity contribution is -0.192. The highest BCUT2D eigenvalue weighted by Crippen LogP contribution is 2.42. The molecule has 2 fully saturated rings. The van der Waals surface area contributed by atoms with E-state index in [0.29, 0.717) is 33.8 Å². The Labute approximate surface area is 312 Å². The molecule has 3 N–H and O–H groups in total. The minimum atomic E-state index is -5.08. The number of para-hydroxylation sites is 1. The third-order valence-corrected chi connectivity index (χ3v) is 11.2. The summed E-state index contributed by atoms with van der Waals surface area (Å²) < 4.78 is 51.1. The number of nitrogens with one attached hydrogen (secondary N) is 2. The lowest BCUT2D eigenvalue weighted by Gasteiger charge is -2.43. The minimum Gasteiger partial charge on any atom is -0.494 e. The van der Waals surface area contributed by atoms with E-state index in [0.717, 1.165) is 68.0 Å². The number of hydrogen-bond donors (Lipinski definition) is 3. The SMILES string of the molecule is CCc1cc(Nc2ncc(Cl)c(Nc3cnc4ccccc4c3P(C)(C)=O)n2)c(OC)cc1N1CCC(N2CCN(C)CC2)CC1.O=C(O)C(F)(F)F. The van der Waals surface area contributed by atoms with Gasteiger partial charge >= 0.3 is 12.1 Å². The number of carbonyl (C=O) groups is 1. The number of ether oxygens (including phenoxy) is 1. The molecule has 0 atom stereocenters. The first-order valence-corrected chi connectivity index (χ1v) is 20.2. The Morgan fingerprint density at radius 2 is 1.68 bits per heavy atom. The monoisotopic (exact) mass is 776 g/mol. The molecule has 0 aliphatic carbocycles. The number of piperazine rings is 1. The van der Waals surface area contributed by atoms with Crippen LogP contribution >= 0.6 is 18.7 Å². The highest BCUT2D eigenvalue weighted by Gasteiger charge is 2.38. The number of piperidine rings is 1. The van der Waals surface area contributed by atoms with Crippen molar-refractivity contribution in [2.45, 2.75) is 38.4 Å². The second kappa shape index (κ2) is 16.9. The van der Waals surface area contributed by atoms with Gasteiger partial charge < -0.3 is 34.8 Å². The summed E-state index contributed by atoms with van der Waals surface area (Å²) in [4.78, 5) is 30.3. The molecule has 53 heavy (non-hydrogen) atoms. The molecule has 286 valence electrons. The molecule has 4 heterocycles. The fraction of sp³-hybridized carbons (Fsp3) is 0.444. The van der Waals surface area contributed by atoms with Crippen molar-refractivity contribution in [2.75, 3.05) is 82.3 Å². The van der Waals surface area contributed by atoms with Crippen molar-refractivity contribution in [3.05, 3.63) is 59.4 Å². The molecule has 0 saturated carbocycles. The number of hydrogen-bond acceptors (Lipinski definition) is 11. The smallest absolute Gasteiger partial charge is 0.490 e. The first-order valence-electron chi connectivity index (χ1n) is 17.3. The number of methoxy groups -OCH3 is 1. The molecule has 2 aliphatic heterocycles. The average Bonchev–Trinajstić information content (AvgIpc) is 3.12. The lowest BCUT2D eigenvalue weighted by Crippen LogP contribution is -2.52. The van der Waals surface area contributed by atoms with Crippen molar-refractivity contribution >= 4 is 69.7 Å². The van der Waals surface area contributed by atoms with E-state index in [-0.39, 0.29) is 0 Å². The van der Waals surface area contributed by atoms with Crippen LogP contribution in [-0.2, 0) is 15.8 Å². The van der Waals surface area contributed by atoms with Crippen molar-refractivity contribution in [3.8, 4) is 5.75 Å². The molecule has 2 aliphatic rings. The van der Waals surface area contributed by atoms with Crippen LogP contribution in [0.4, 0.5) is 42.0 Å². The Hall–Kier alpha value is -4.17. The molecular weight excluding hydrogens is 732 g/mol. The van der Waals surface area contributed by atoms with E-state index >= 15 is 0 Å². The van der Waals surface area contributed by atoms with Crippen LogP contribution < -0.4 is 25.6 Å². The highest BCUT2D eigenvalue weighted by molar-refractivity contribution is 7.71. The molecule has 0 radical (unpaired) electrons. The molecule has 12 nitrogen and oxygen atoms in total. The number of aromatic nitrogens is 3. The van der Waals surface area contributed by atoms with Crippen molar-refractivity contribution in [2.24, 2.45) is 0 Å². The Morgan fingerprint density at radius 1 is 1.02 bits per heavy atom. The van der Waals surface area contributed by atoms with Gasteiger partial charge in [0.05, 0.1) is 36.4 Å². The van der Waals surface area contributed by atoms with Gasteiger partial charge in [-0.25, -0.2) is 9.78 Å². The molecule has 2 saturated heterocycles. The van der Waals surface area contributed by atoms with Gasteiger partial charge in [0, 0.05) is 67.8 Å². The normalized spacial score (nSPS) is 16.2. The van der Waals surface area contributed by atoms with Crippen LogP contribution in [0.2, 0.25) is 5.02 Å². The summed E-state index contributed by atoms with van der Waals surface area (Å²) in [5.41, 5.74) is 4.63. The number of aryl methyl sites for hydroxylation is 1. The van der Waals surface area contributed by atoms with Crippen molar-refractivity contribution in [1.82, 2.24) is 24.8 Å². The maximum Gasteiger partial charge on any atom is 0.490 e. The van der Waals surface area contributed by atoms with E-state index < -0.39 is 19.3 Å². The number of halogens is 4. The number of fused-ring (bicyclic) bond motifs is 1. The average molecular weight is 777 g/mol. The zero-order valence-corrected chi connectivity index (χ0v) is 32.0. The Morgan fingerprint density at radius 3 is 2.28 bits per heavy atom.